The Morgan fingerprint density at radius 3 is 2.62 bits per heavy atom. The van der Waals surface area contributed by atoms with Crippen LogP contribution in [0.5, 0.6) is 0 Å². The zero-order valence-corrected chi connectivity index (χ0v) is 6.74. The van der Waals surface area contributed by atoms with Crippen molar-refractivity contribution in [3.05, 3.63) is 0 Å². The van der Waals surface area contributed by atoms with Crippen LogP contribution in [0.2, 0.25) is 0 Å². The summed E-state index contributed by atoms with van der Waals surface area (Å²) in [6, 6.07) is 0. The maximum absolute atomic E-state index is 12.1. The summed E-state index contributed by atoms with van der Waals surface area (Å²) in [6.07, 6.45) is -4.22. The SMILES string of the molecule is O=C(O)N1CCC(C(F)F)CC1=O. The smallest absolute Gasteiger partial charge is 0.414 e. The van der Waals surface area contributed by atoms with Gasteiger partial charge in [0.05, 0.1) is 0 Å². The molecule has 74 valence electrons. The minimum atomic E-state index is -2.54. The molecule has 0 aliphatic carbocycles. The Morgan fingerprint density at radius 1 is 1.62 bits per heavy atom. The number of carbonyl (C=O) groups excluding carboxylic acids is 1. The number of rotatable bonds is 1. The van der Waals surface area contributed by atoms with Crippen molar-refractivity contribution < 1.29 is 23.5 Å². The molecule has 0 bridgehead atoms. The topological polar surface area (TPSA) is 57.6 Å². The number of nitrogens with zero attached hydrogens (tertiary/aromatic N) is 1. The molecule has 1 aliphatic rings. The maximum atomic E-state index is 12.1. The first kappa shape index (κ1) is 9.88. The van der Waals surface area contributed by atoms with Crippen molar-refractivity contribution in [3.8, 4) is 0 Å². The molecule has 0 aromatic rings. The third kappa shape index (κ3) is 2.13. The van der Waals surface area contributed by atoms with E-state index in [0.29, 0.717) is 4.90 Å². The van der Waals surface area contributed by atoms with Crippen molar-refractivity contribution >= 4 is 12.0 Å². The summed E-state index contributed by atoms with van der Waals surface area (Å²) in [4.78, 5) is 21.9. The lowest BCUT2D eigenvalue weighted by atomic mass is 9.97. The number of imide groups is 1. The van der Waals surface area contributed by atoms with Crippen molar-refractivity contribution in [2.24, 2.45) is 5.92 Å². The van der Waals surface area contributed by atoms with Gasteiger partial charge in [0.15, 0.2) is 0 Å². The van der Waals surface area contributed by atoms with E-state index in [0.717, 1.165) is 0 Å². The van der Waals surface area contributed by atoms with Gasteiger partial charge in [0.25, 0.3) is 0 Å². The van der Waals surface area contributed by atoms with Gasteiger partial charge in [-0.05, 0) is 6.42 Å². The molecule has 1 heterocycles. The number of alkyl halides is 2. The van der Waals surface area contributed by atoms with E-state index in [1.54, 1.807) is 0 Å². The third-order valence-electron chi connectivity index (χ3n) is 2.05. The first-order valence-electron chi connectivity index (χ1n) is 3.84. The van der Waals surface area contributed by atoms with E-state index < -0.39 is 24.3 Å². The maximum Gasteiger partial charge on any atom is 0.414 e. The van der Waals surface area contributed by atoms with Crippen LogP contribution < -0.4 is 0 Å². The monoisotopic (exact) mass is 193 g/mol. The lowest BCUT2D eigenvalue weighted by molar-refractivity contribution is -0.135. The van der Waals surface area contributed by atoms with Crippen molar-refractivity contribution in [2.75, 3.05) is 6.54 Å². The van der Waals surface area contributed by atoms with Crippen LogP contribution in [-0.4, -0.2) is 35.0 Å². The van der Waals surface area contributed by atoms with E-state index in [1.165, 1.54) is 0 Å². The summed E-state index contributed by atoms with van der Waals surface area (Å²) in [7, 11) is 0. The van der Waals surface area contributed by atoms with Gasteiger partial charge in [-0.3, -0.25) is 4.79 Å². The Kier molecular flexibility index (Phi) is 2.79. The largest absolute Gasteiger partial charge is 0.465 e. The molecule has 2 amide bonds. The van der Waals surface area contributed by atoms with Gasteiger partial charge in [0, 0.05) is 18.9 Å². The van der Waals surface area contributed by atoms with Crippen molar-refractivity contribution in [1.82, 2.24) is 4.90 Å². The second-order valence-electron chi connectivity index (χ2n) is 2.92. The van der Waals surface area contributed by atoms with Gasteiger partial charge in [0.1, 0.15) is 0 Å². The number of carbonyl (C=O) groups is 2. The van der Waals surface area contributed by atoms with Crippen LogP contribution >= 0.6 is 0 Å². The molecule has 1 saturated heterocycles. The van der Waals surface area contributed by atoms with Crippen molar-refractivity contribution in [1.29, 1.82) is 0 Å². The summed E-state index contributed by atoms with van der Waals surface area (Å²) < 4.78 is 24.2. The van der Waals surface area contributed by atoms with Gasteiger partial charge < -0.3 is 5.11 Å². The molecule has 0 aromatic heterocycles. The number of hydrogen-bond donors (Lipinski definition) is 1. The quantitative estimate of drug-likeness (QED) is 0.680. The highest BCUT2D eigenvalue weighted by Gasteiger charge is 2.34. The predicted octanol–water partition coefficient (Wildman–Crippen LogP) is 1.17. The van der Waals surface area contributed by atoms with E-state index in [2.05, 4.69) is 0 Å². The normalized spacial score (nSPS) is 23.8. The average Bonchev–Trinajstić information content (AvgIpc) is 2.03. The van der Waals surface area contributed by atoms with Gasteiger partial charge in [-0.15, -0.1) is 0 Å². The van der Waals surface area contributed by atoms with Crippen LogP contribution in [0.1, 0.15) is 12.8 Å². The zero-order chi connectivity index (χ0) is 10.0. The number of likely N-dealkylation sites (tertiary alicyclic amines) is 1. The summed E-state index contributed by atoms with van der Waals surface area (Å²) in [5.74, 6) is -1.72. The van der Waals surface area contributed by atoms with Crippen LogP contribution in [0.3, 0.4) is 0 Å². The summed E-state index contributed by atoms with van der Waals surface area (Å²) in [5, 5.41) is 8.45. The van der Waals surface area contributed by atoms with Crippen LogP contribution in [0, 0.1) is 5.92 Å². The Labute approximate surface area is 73.1 Å². The molecule has 1 aliphatic heterocycles. The standard InChI is InChI=1S/C7H9F2NO3/c8-6(9)4-1-2-10(7(12)13)5(11)3-4/h4,6H,1-3H2,(H,12,13). The summed E-state index contributed by atoms with van der Waals surface area (Å²) >= 11 is 0. The Balaban J connectivity index is 2.57. The molecule has 1 N–H and O–H groups in total. The predicted molar refractivity (Wildman–Crippen MR) is 38.5 cm³/mol. The molecule has 13 heavy (non-hydrogen) atoms. The van der Waals surface area contributed by atoms with Crippen LogP contribution in [0.4, 0.5) is 13.6 Å². The minimum absolute atomic E-state index is 0.0513. The molecular formula is C7H9F2NO3. The van der Waals surface area contributed by atoms with E-state index in [4.69, 9.17) is 5.11 Å². The number of hydrogen-bond acceptors (Lipinski definition) is 2. The Bertz CT molecular complexity index is 232. The second kappa shape index (κ2) is 3.68. The van der Waals surface area contributed by atoms with Gasteiger partial charge in [-0.2, -0.15) is 0 Å². The number of halogens is 2. The molecule has 1 rings (SSSR count). The van der Waals surface area contributed by atoms with E-state index >= 15 is 0 Å². The molecule has 1 unspecified atom stereocenters. The first-order chi connectivity index (χ1) is 6.02. The number of amides is 2. The average molecular weight is 193 g/mol. The highest BCUT2D eigenvalue weighted by molar-refractivity contribution is 5.91. The van der Waals surface area contributed by atoms with E-state index in [9.17, 15) is 18.4 Å². The fraction of sp³-hybridized carbons (Fsp3) is 0.714. The number of carboxylic acid groups (broad SMARTS) is 1. The Hall–Kier alpha value is -1.20. The third-order valence-corrected chi connectivity index (χ3v) is 2.05. The summed E-state index contributed by atoms with van der Waals surface area (Å²) in [5.41, 5.74) is 0. The van der Waals surface area contributed by atoms with E-state index in [1.807, 2.05) is 0 Å². The molecule has 1 atom stereocenters. The van der Waals surface area contributed by atoms with Crippen molar-refractivity contribution in [2.45, 2.75) is 19.3 Å². The minimum Gasteiger partial charge on any atom is -0.465 e. The number of piperidine rings is 1. The molecule has 0 radical (unpaired) electrons. The molecule has 1 fully saturated rings. The highest BCUT2D eigenvalue weighted by Crippen LogP contribution is 2.24. The molecule has 6 heteroatoms. The van der Waals surface area contributed by atoms with Gasteiger partial charge in [-0.1, -0.05) is 0 Å². The van der Waals surface area contributed by atoms with Gasteiger partial charge in [0.2, 0.25) is 12.3 Å². The lowest BCUT2D eigenvalue weighted by Crippen LogP contribution is -2.43. The zero-order valence-electron chi connectivity index (χ0n) is 6.74. The van der Waals surface area contributed by atoms with E-state index in [-0.39, 0.29) is 19.4 Å². The van der Waals surface area contributed by atoms with Crippen LogP contribution in [0.25, 0.3) is 0 Å². The van der Waals surface area contributed by atoms with Crippen molar-refractivity contribution in [3.63, 3.8) is 0 Å². The van der Waals surface area contributed by atoms with Gasteiger partial charge >= 0.3 is 6.09 Å². The Morgan fingerprint density at radius 2 is 2.23 bits per heavy atom. The lowest BCUT2D eigenvalue weighted by Gasteiger charge is -2.27. The molecule has 4 nitrogen and oxygen atoms in total. The van der Waals surface area contributed by atoms with Crippen LogP contribution in [0.15, 0.2) is 0 Å². The molecule has 0 saturated carbocycles. The molecular weight excluding hydrogens is 184 g/mol. The molecule has 0 spiro atoms. The highest BCUT2D eigenvalue weighted by atomic mass is 19.3. The first-order valence-corrected chi connectivity index (χ1v) is 3.84. The fourth-order valence-electron chi connectivity index (χ4n) is 1.27. The molecule has 0 aromatic carbocycles. The van der Waals surface area contributed by atoms with Crippen LogP contribution in [-0.2, 0) is 4.79 Å². The fourth-order valence-corrected chi connectivity index (χ4v) is 1.27. The van der Waals surface area contributed by atoms with Gasteiger partial charge in [-0.25, -0.2) is 18.5 Å². The summed E-state index contributed by atoms with van der Waals surface area (Å²) in [6.45, 7) is -0.122. The second-order valence-corrected chi connectivity index (χ2v) is 2.92.